The van der Waals surface area contributed by atoms with Gasteiger partial charge in [-0.15, -0.1) is 0 Å². The van der Waals surface area contributed by atoms with E-state index in [4.69, 9.17) is 5.73 Å². The van der Waals surface area contributed by atoms with Crippen molar-refractivity contribution >= 4 is 5.82 Å². The van der Waals surface area contributed by atoms with Gasteiger partial charge < -0.3 is 11.1 Å². The van der Waals surface area contributed by atoms with Gasteiger partial charge in [-0.2, -0.15) is 5.10 Å². The monoisotopic (exact) mass is 206 g/mol. The summed E-state index contributed by atoms with van der Waals surface area (Å²) in [6.45, 7) is 1.74. The van der Waals surface area contributed by atoms with Crippen LogP contribution in [0.3, 0.4) is 0 Å². The van der Waals surface area contributed by atoms with Gasteiger partial charge in [-0.3, -0.25) is 0 Å². The zero-order valence-corrected chi connectivity index (χ0v) is 8.95. The van der Waals surface area contributed by atoms with E-state index in [1.807, 2.05) is 10.9 Å². The molecule has 0 aromatic carbocycles. The van der Waals surface area contributed by atoms with E-state index in [9.17, 15) is 0 Å². The Bertz CT molecular complexity index is 351. The minimum atomic E-state index is 0.203. The first kappa shape index (κ1) is 9.21. The van der Waals surface area contributed by atoms with Crippen molar-refractivity contribution in [1.29, 1.82) is 0 Å². The predicted octanol–water partition coefficient (Wildman–Crippen LogP) is 1.29. The zero-order valence-electron chi connectivity index (χ0n) is 8.95. The summed E-state index contributed by atoms with van der Waals surface area (Å²) in [7, 11) is 0. The minimum Gasteiger partial charge on any atom is -0.368 e. The van der Waals surface area contributed by atoms with E-state index in [-0.39, 0.29) is 6.04 Å². The van der Waals surface area contributed by atoms with E-state index >= 15 is 0 Å². The number of nitrogens with zero attached hydrogens (tertiary/aromatic N) is 2. The number of nitrogens with one attached hydrogen (secondary N) is 1. The Morgan fingerprint density at radius 2 is 2.20 bits per heavy atom. The van der Waals surface area contributed by atoms with Gasteiger partial charge in [0.15, 0.2) is 0 Å². The molecule has 3 rings (SSSR count). The average Bonchev–Trinajstić information content (AvgIpc) is 2.82. The van der Waals surface area contributed by atoms with Crippen molar-refractivity contribution in [2.24, 2.45) is 5.73 Å². The molecule has 0 bridgehead atoms. The van der Waals surface area contributed by atoms with E-state index in [0.717, 1.165) is 19.0 Å². The summed E-state index contributed by atoms with van der Waals surface area (Å²) in [5.74, 6) is 1.96. The summed E-state index contributed by atoms with van der Waals surface area (Å²) in [6, 6.07) is 0.203. The van der Waals surface area contributed by atoms with Gasteiger partial charge >= 0.3 is 0 Å². The Kier molecular flexibility index (Phi) is 2.16. The van der Waals surface area contributed by atoms with Gasteiger partial charge in [0.1, 0.15) is 5.82 Å². The highest BCUT2D eigenvalue weighted by atomic mass is 15.3. The molecule has 0 amide bonds. The van der Waals surface area contributed by atoms with E-state index in [1.54, 1.807) is 0 Å². The Morgan fingerprint density at radius 1 is 1.40 bits per heavy atom. The topological polar surface area (TPSA) is 55.9 Å². The smallest absolute Gasteiger partial charge is 0.127 e. The Labute approximate surface area is 89.8 Å². The first-order valence-electron chi connectivity index (χ1n) is 5.90. The molecule has 3 N–H and O–H groups in total. The summed E-state index contributed by atoms with van der Waals surface area (Å²) in [5.41, 5.74) is 7.31. The molecule has 1 aliphatic carbocycles. The van der Waals surface area contributed by atoms with Crippen LogP contribution in [0.1, 0.15) is 37.2 Å². The average molecular weight is 206 g/mol. The van der Waals surface area contributed by atoms with Crippen LogP contribution in [0.5, 0.6) is 0 Å². The summed E-state index contributed by atoms with van der Waals surface area (Å²) >= 11 is 0. The van der Waals surface area contributed by atoms with Crippen LogP contribution in [-0.4, -0.2) is 22.4 Å². The third kappa shape index (κ3) is 1.53. The van der Waals surface area contributed by atoms with Gasteiger partial charge in [-0.25, -0.2) is 4.68 Å². The molecule has 1 saturated carbocycles. The second kappa shape index (κ2) is 3.52. The number of fused-ring (bicyclic) bond motifs is 1. The molecule has 0 saturated heterocycles. The fourth-order valence-electron chi connectivity index (χ4n) is 2.78. The fraction of sp³-hybridized carbons (Fsp3) is 0.727. The first-order valence-corrected chi connectivity index (χ1v) is 5.90. The Hall–Kier alpha value is -1.03. The first-order chi connectivity index (χ1) is 7.34. The van der Waals surface area contributed by atoms with Crippen molar-refractivity contribution in [2.45, 2.75) is 44.2 Å². The lowest BCUT2D eigenvalue weighted by Crippen LogP contribution is -2.39. The number of anilines is 1. The van der Waals surface area contributed by atoms with E-state index in [0.29, 0.717) is 0 Å². The molecule has 4 heteroatoms. The van der Waals surface area contributed by atoms with Gasteiger partial charge in [0.25, 0.3) is 0 Å². The number of hydrogen-bond acceptors (Lipinski definition) is 3. The second-order valence-electron chi connectivity index (χ2n) is 4.75. The SMILES string of the molecule is NC1CNc2c(C3CCCC3)cnn2C1. The van der Waals surface area contributed by atoms with Crippen LogP contribution in [0.25, 0.3) is 0 Å². The summed E-state index contributed by atoms with van der Waals surface area (Å²) in [5, 5.41) is 7.84. The van der Waals surface area contributed by atoms with Crippen LogP contribution < -0.4 is 11.1 Å². The molecule has 1 unspecified atom stereocenters. The lowest BCUT2D eigenvalue weighted by Gasteiger charge is -2.23. The molecule has 1 aliphatic heterocycles. The Balaban J connectivity index is 1.90. The van der Waals surface area contributed by atoms with Crippen LogP contribution in [0.2, 0.25) is 0 Å². The molecule has 1 aromatic heterocycles. The molecule has 15 heavy (non-hydrogen) atoms. The van der Waals surface area contributed by atoms with Gasteiger partial charge in [-0.1, -0.05) is 12.8 Å². The summed E-state index contributed by atoms with van der Waals surface area (Å²) in [6.07, 6.45) is 7.43. The molecule has 2 aliphatic rings. The van der Waals surface area contributed by atoms with Crippen LogP contribution in [0.15, 0.2) is 6.20 Å². The highest BCUT2D eigenvalue weighted by Gasteiger charge is 2.25. The molecular weight excluding hydrogens is 188 g/mol. The fourth-order valence-corrected chi connectivity index (χ4v) is 2.78. The van der Waals surface area contributed by atoms with Crippen LogP contribution in [-0.2, 0) is 6.54 Å². The highest BCUT2D eigenvalue weighted by Crippen LogP contribution is 2.38. The summed E-state index contributed by atoms with van der Waals surface area (Å²) in [4.78, 5) is 0. The van der Waals surface area contributed by atoms with Crippen molar-refractivity contribution in [3.63, 3.8) is 0 Å². The third-order valence-corrected chi connectivity index (χ3v) is 3.60. The zero-order chi connectivity index (χ0) is 10.3. The number of aromatic nitrogens is 2. The van der Waals surface area contributed by atoms with Crippen molar-refractivity contribution in [3.8, 4) is 0 Å². The van der Waals surface area contributed by atoms with Gasteiger partial charge in [0.05, 0.1) is 12.7 Å². The van der Waals surface area contributed by atoms with E-state index in [2.05, 4.69) is 10.4 Å². The molecule has 2 heterocycles. The molecule has 4 nitrogen and oxygen atoms in total. The van der Waals surface area contributed by atoms with Gasteiger partial charge in [-0.05, 0) is 18.8 Å². The number of nitrogens with two attached hydrogens (primary N) is 1. The normalized spacial score (nSPS) is 26.3. The van der Waals surface area contributed by atoms with Crippen molar-refractivity contribution in [1.82, 2.24) is 9.78 Å². The maximum Gasteiger partial charge on any atom is 0.127 e. The molecular formula is C11H18N4. The molecule has 82 valence electrons. The molecule has 0 spiro atoms. The van der Waals surface area contributed by atoms with Crippen LogP contribution >= 0.6 is 0 Å². The second-order valence-corrected chi connectivity index (χ2v) is 4.75. The number of hydrogen-bond donors (Lipinski definition) is 2. The maximum absolute atomic E-state index is 5.89. The van der Waals surface area contributed by atoms with E-state index in [1.165, 1.54) is 37.1 Å². The van der Waals surface area contributed by atoms with Crippen molar-refractivity contribution in [2.75, 3.05) is 11.9 Å². The maximum atomic E-state index is 5.89. The third-order valence-electron chi connectivity index (χ3n) is 3.60. The lowest BCUT2D eigenvalue weighted by molar-refractivity contribution is 0.500. The quantitative estimate of drug-likeness (QED) is 0.728. The van der Waals surface area contributed by atoms with Crippen LogP contribution in [0, 0.1) is 0 Å². The van der Waals surface area contributed by atoms with Crippen molar-refractivity contribution in [3.05, 3.63) is 11.8 Å². The van der Waals surface area contributed by atoms with Crippen LogP contribution in [0.4, 0.5) is 5.82 Å². The predicted molar refractivity (Wildman–Crippen MR) is 59.9 cm³/mol. The van der Waals surface area contributed by atoms with Gasteiger partial charge in [0, 0.05) is 18.2 Å². The van der Waals surface area contributed by atoms with Gasteiger partial charge in [0.2, 0.25) is 0 Å². The molecule has 1 fully saturated rings. The molecule has 0 radical (unpaired) electrons. The summed E-state index contributed by atoms with van der Waals surface area (Å²) < 4.78 is 2.03. The van der Waals surface area contributed by atoms with Crippen molar-refractivity contribution < 1.29 is 0 Å². The largest absolute Gasteiger partial charge is 0.368 e. The molecule has 1 aromatic rings. The highest BCUT2D eigenvalue weighted by molar-refractivity contribution is 5.47. The molecule has 1 atom stereocenters. The van der Waals surface area contributed by atoms with E-state index < -0.39 is 0 Å². The standard InChI is InChI=1S/C11H18N4/c12-9-5-13-11-10(6-14-15(11)7-9)8-3-1-2-4-8/h6,8-9,13H,1-5,7,12H2. The Morgan fingerprint density at radius 3 is 3.00 bits per heavy atom. The number of rotatable bonds is 1. The lowest BCUT2D eigenvalue weighted by atomic mass is 10.00. The minimum absolute atomic E-state index is 0.203.